The molecular weight excluding hydrogens is 544 g/mol. The van der Waals surface area contributed by atoms with E-state index in [9.17, 15) is 9.59 Å². The molecule has 216 valence electrons. The van der Waals surface area contributed by atoms with E-state index in [-0.39, 0.29) is 53.1 Å². The number of fused-ring (bicyclic) bond motifs is 5. The Labute approximate surface area is 240 Å². The Morgan fingerprint density at radius 2 is 1.90 bits per heavy atom. The van der Waals surface area contributed by atoms with Gasteiger partial charge in [0.05, 0.1) is 16.6 Å². The second-order valence-electron chi connectivity index (χ2n) is 10.4. The van der Waals surface area contributed by atoms with Crippen molar-refractivity contribution in [2.75, 3.05) is 49.5 Å². The molecule has 2 bridgehead atoms. The molecule has 5 heterocycles. The van der Waals surface area contributed by atoms with E-state index in [0.717, 1.165) is 0 Å². The number of aromatic nitrogens is 4. The minimum atomic E-state index is -0.770. The van der Waals surface area contributed by atoms with Gasteiger partial charge < -0.3 is 19.9 Å². The Hall–Kier alpha value is -4.87. The van der Waals surface area contributed by atoms with Crippen LogP contribution in [0.5, 0.6) is 5.75 Å². The normalized spacial score (nSPS) is 14.9. The molecule has 0 aliphatic carbocycles. The summed E-state index contributed by atoms with van der Waals surface area (Å²) in [5.74, 6) is -1.14. The Kier molecular flexibility index (Phi) is 7.05. The summed E-state index contributed by atoms with van der Waals surface area (Å²) in [7, 11) is 0. The lowest BCUT2D eigenvalue weighted by Crippen LogP contribution is -2.49. The van der Waals surface area contributed by atoms with Gasteiger partial charge >= 0.3 is 5.69 Å². The van der Waals surface area contributed by atoms with Crippen LogP contribution in [0, 0.1) is 11.6 Å². The van der Waals surface area contributed by atoms with Crippen molar-refractivity contribution in [1.82, 2.24) is 24.4 Å². The molecule has 0 spiro atoms. The first kappa shape index (κ1) is 27.3. The highest BCUT2D eigenvalue weighted by Gasteiger charge is 2.29. The first-order valence-corrected chi connectivity index (χ1v) is 13.7. The molecule has 0 saturated carbocycles. The molecule has 4 aromatic rings. The van der Waals surface area contributed by atoms with Crippen LogP contribution in [0.1, 0.15) is 25.5 Å². The van der Waals surface area contributed by atoms with Crippen LogP contribution in [0.15, 0.2) is 54.0 Å². The molecular formula is C30H29F2N7O3. The molecule has 12 heteroatoms. The molecule has 0 radical (unpaired) electrons. The molecule has 1 saturated heterocycles. The van der Waals surface area contributed by atoms with Gasteiger partial charge in [0.25, 0.3) is 0 Å². The number of nitrogens with zero attached hydrogens (tertiary/aromatic N) is 6. The first-order chi connectivity index (χ1) is 20.3. The molecule has 6 rings (SSSR count). The number of rotatable bonds is 3. The summed E-state index contributed by atoms with van der Waals surface area (Å²) in [6.45, 7) is 9.31. The zero-order valence-electron chi connectivity index (χ0n) is 23.2. The maximum absolute atomic E-state index is 16.0. The fourth-order valence-corrected chi connectivity index (χ4v) is 5.47. The molecule has 2 aliphatic rings. The third-order valence-electron chi connectivity index (χ3n) is 7.48. The van der Waals surface area contributed by atoms with E-state index >= 15 is 8.78 Å². The van der Waals surface area contributed by atoms with Gasteiger partial charge in [0.1, 0.15) is 35.4 Å². The number of pyridine rings is 2. The van der Waals surface area contributed by atoms with Crippen LogP contribution < -0.4 is 20.6 Å². The van der Waals surface area contributed by atoms with Crippen LogP contribution >= 0.6 is 0 Å². The maximum atomic E-state index is 16.0. The number of carbonyl (C=O) groups excluding carboxylic acids is 1. The number of nitrogens with one attached hydrogen (secondary N) is 1. The van der Waals surface area contributed by atoms with Crippen LogP contribution in [0.25, 0.3) is 28.0 Å². The third kappa shape index (κ3) is 4.62. The number of carbonyl (C=O) groups is 1. The number of amides is 1. The van der Waals surface area contributed by atoms with E-state index in [4.69, 9.17) is 4.74 Å². The number of piperazine rings is 1. The highest BCUT2D eigenvalue weighted by atomic mass is 19.1. The number of ether oxygens (including phenoxy) is 1. The Morgan fingerprint density at radius 1 is 1.12 bits per heavy atom. The molecule has 1 amide bonds. The average Bonchev–Trinajstić information content (AvgIpc) is 2.98. The van der Waals surface area contributed by atoms with Gasteiger partial charge in [-0.25, -0.2) is 23.1 Å². The van der Waals surface area contributed by atoms with E-state index in [1.807, 2.05) is 18.7 Å². The second-order valence-corrected chi connectivity index (χ2v) is 10.4. The summed E-state index contributed by atoms with van der Waals surface area (Å²) in [5.41, 5.74) is 0.369. The molecule has 1 aromatic carbocycles. The van der Waals surface area contributed by atoms with E-state index in [1.54, 1.807) is 23.2 Å². The Morgan fingerprint density at radius 3 is 2.64 bits per heavy atom. The van der Waals surface area contributed by atoms with Gasteiger partial charge in [0.2, 0.25) is 5.91 Å². The fourth-order valence-electron chi connectivity index (χ4n) is 5.47. The third-order valence-corrected chi connectivity index (χ3v) is 7.48. The van der Waals surface area contributed by atoms with Gasteiger partial charge in [0, 0.05) is 50.7 Å². The Balaban J connectivity index is 1.66. The number of hydrogen-bond donors (Lipinski definition) is 1. The van der Waals surface area contributed by atoms with Gasteiger partial charge in [-0.2, -0.15) is 4.98 Å². The molecule has 0 atom stereocenters. The summed E-state index contributed by atoms with van der Waals surface area (Å²) in [6.07, 6.45) is 2.86. The van der Waals surface area contributed by atoms with Crippen molar-refractivity contribution in [2.24, 2.45) is 0 Å². The molecule has 2 aliphatic heterocycles. The van der Waals surface area contributed by atoms with Crippen LogP contribution in [-0.4, -0.2) is 69.7 Å². The summed E-state index contributed by atoms with van der Waals surface area (Å²) in [6, 6.07) is 7.30. The Bertz CT molecular complexity index is 1780. The van der Waals surface area contributed by atoms with Gasteiger partial charge in [-0.15, -0.1) is 0 Å². The van der Waals surface area contributed by atoms with Crippen molar-refractivity contribution in [3.05, 3.63) is 77.0 Å². The quantitative estimate of drug-likeness (QED) is 0.368. The predicted octanol–water partition coefficient (Wildman–Crippen LogP) is 3.88. The number of halogens is 2. The lowest BCUT2D eigenvalue weighted by atomic mass is 10.1. The van der Waals surface area contributed by atoms with Crippen molar-refractivity contribution < 1.29 is 18.3 Å². The smallest absolute Gasteiger partial charge is 0.356 e. The standard InChI is InChI=1S/C30H29F2N7O3/c1-4-23(40)37-11-13-38(14-12-37)28-18-16-20(32)26-24-19(31)6-5-7-21(24)33-10-15-42-22-8-9-34-25(17(2)3)27(22)39(29(18)35-26)30(41)36-28/h4-9,16-17,33H,1,10-15H2,2-3H3. The van der Waals surface area contributed by atoms with E-state index in [1.165, 1.54) is 28.8 Å². The zero-order valence-corrected chi connectivity index (χ0v) is 23.2. The van der Waals surface area contributed by atoms with E-state index < -0.39 is 17.3 Å². The highest BCUT2D eigenvalue weighted by Crippen LogP contribution is 2.37. The van der Waals surface area contributed by atoms with Crippen LogP contribution in [0.2, 0.25) is 0 Å². The van der Waals surface area contributed by atoms with Crippen LogP contribution in [-0.2, 0) is 4.79 Å². The predicted molar refractivity (Wildman–Crippen MR) is 155 cm³/mol. The van der Waals surface area contributed by atoms with Gasteiger partial charge in [-0.1, -0.05) is 26.5 Å². The molecule has 42 heavy (non-hydrogen) atoms. The SMILES string of the molecule is C=CC(=O)N1CCN(c2nc(=O)n3c4nc(c(F)cc24)-c2c(F)cccc2NCCOc2ccnc(C(C)C)c2-3)CC1. The topological polar surface area (TPSA) is 105 Å². The fraction of sp³-hybridized carbons (Fsp3) is 0.300. The largest absolute Gasteiger partial charge is 0.489 e. The lowest BCUT2D eigenvalue weighted by molar-refractivity contribution is -0.126. The van der Waals surface area contributed by atoms with Gasteiger partial charge in [0.15, 0.2) is 11.5 Å². The van der Waals surface area contributed by atoms with E-state index in [0.29, 0.717) is 49.0 Å². The second kappa shape index (κ2) is 10.8. The zero-order chi connectivity index (χ0) is 29.5. The molecule has 1 N–H and O–H groups in total. The minimum Gasteiger partial charge on any atom is -0.489 e. The highest BCUT2D eigenvalue weighted by molar-refractivity contribution is 5.92. The first-order valence-electron chi connectivity index (χ1n) is 13.7. The summed E-state index contributed by atoms with van der Waals surface area (Å²) >= 11 is 0. The number of benzene rings is 1. The van der Waals surface area contributed by atoms with Crippen molar-refractivity contribution in [3.63, 3.8) is 0 Å². The van der Waals surface area contributed by atoms with Crippen molar-refractivity contribution in [1.29, 1.82) is 0 Å². The molecule has 1 fully saturated rings. The molecule has 10 nitrogen and oxygen atoms in total. The average molecular weight is 574 g/mol. The van der Waals surface area contributed by atoms with Crippen molar-refractivity contribution in [2.45, 2.75) is 19.8 Å². The van der Waals surface area contributed by atoms with E-state index in [2.05, 4.69) is 26.8 Å². The van der Waals surface area contributed by atoms with Crippen molar-refractivity contribution in [3.8, 4) is 22.7 Å². The summed E-state index contributed by atoms with van der Waals surface area (Å²) in [5, 5.41) is 3.38. The maximum Gasteiger partial charge on any atom is 0.356 e. The molecule has 0 unspecified atom stereocenters. The van der Waals surface area contributed by atoms with Crippen LogP contribution in [0.4, 0.5) is 20.3 Å². The monoisotopic (exact) mass is 573 g/mol. The van der Waals surface area contributed by atoms with Gasteiger partial charge in [-0.3, -0.25) is 9.78 Å². The van der Waals surface area contributed by atoms with Crippen molar-refractivity contribution >= 4 is 28.4 Å². The van der Waals surface area contributed by atoms with Gasteiger partial charge in [-0.05, 0) is 30.2 Å². The summed E-state index contributed by atoms with van der Waals surface area (Å²) in [4.78, 5) is 43.2. The number of hydrogen-bond acceptors (Lipinski definition) is 8. The number of anilines is 2. The summed E-state index contributed by atoms with van der Waals surface area (Å²) < 4.78 is 38.7. The lowest BCUT2D eigenvalue weighted by Gasteiger charge is -2.35. The molecule has 3 aromatic heterocycles. The van der Waals surface area contributed by atoms with Crippen LogP contribution in [0.3, 0.4) is 0 Å². The minimum absolute atomic E-state index is 0.0538.